The van der Waals surface area contributed by atoms with Crippen LogP contribution in [0.5, 0.6) is 0 Å². The lowest BCUT2D eigenvalue weighted by molar-refractivity contribution is 0.316. The Labute approximate surface area is 157 Å². The van der Waals surface area contributed by atoms with E-state index in [1.54, 1.807) is 7.05 Å². The largest absolute Gasteiger partial charge is 0.355 e. The Morgan fingerprint density at radius 1 is 1.27 bits per heavy atom. The molecule has 1 aliphatic rings. The van der Waals surface area contributed by atoms with Crippen molar-refractivity contribution in [2.45, 2.75) is 45.1 Å². The Balaban J connectivity index is 1.64. The van der Waals surface area contributed by atoms with Crippen LogP contribution in [0, 0.1) is 5.92 Å². The van der Waals surface area contributed by atoms with Crippen LogP contribution in [-0.2, 0) is 16.4 Å². The first kappa shape index (κ1) is 20.7. The fraction of sp³-hybridized carbons (Fsp3) is 0.632. The smallest absolute Gasteiger partial charge is 0.213 e. The molecule has 0 spiro atoms. The summed E-state index contributed by atoms with van der Waals surface area (Å²) in [6.45, 7) is 3.02. The van der Waals surface area contributed by atoms with Gasteiger partial charge in [-0.3, -0.25) is 4.99 Å². The summed E-state index contributed by atoms with van der Waals surface area (Å²) in [5.74, 6) is 1.22. The molecule has 7 heteroatoms. The topological polar surface area (TPSA) is 82.6 Å². The maximum Gasteiger partial charge on any atom is 0.213 e. The van der Waals surface area contributed by atoms with Crippen LogP contribution in [-0.4, -0.2) is 46.3 Å². The van der Waals surface area contributed by atoms with E-state index in [1.807, 2.05) is 18.2 Å². The van der Waals surface area contributed by atoms with E-state index < -0.39 is 10.0 Å². The number of nitrogens with one attached hydrogen (secondary N) is 3. The van der Waals surface area contributed by atoms with Crippen molar-refractivity contribution in [3.8, 4) is 0 Å². The molecule has 1 unspecified atom stereocenters. The molecule has 0 bridgehead atoms. The third-order valence-electron chi connectivity index (χ3n) is 4.80. The second kappa shape index (κ2) is 10.5. The van der Waals surface area contributed by atoms with Crippen LogP contribution in [0.4, 0.5) is 0 Å². The fourth-order valence-electron chi connectivity index (χ4n) is 2.85. The second-order valence-corrected chi connectivity index (χ2v) is 8.96. The highest BCUT2D eigenvalue weighted by Crippen LogP contribution is 2.25. The van der Waals surface area contributed by atoms with Crippen LogP contribution >= 0.6 is 0 Å². The molecule has 0 amide bonds. The van der Waals surface area contributed by atoms with Gasteiger partial charge in [0.25, 0.3) is 0 Å². The number of aryl methyl sites for hydroxylation is 1. The van der Waals surface area contributed by atoms with Gasteiger partial charge in [0.05, 0.1) is 5.75 Å². The molecule has 1 aliphatic carbocycles. The molecule has 1 atom stereocenters. The SMILES string of the molecule is CN=C(NCCS(=O)(=O)NCC1CCC1)NC(C)CCc1ccccc1. The molecule has 0 aliphatic heterocycles. The van der Waals surface area contributed by atoms with Crippen LogP contribution in [0.2, 0.25) is 0 Å². The molecule has 0 heterocycles. The lowest BCUT2D eigenvalue weighted by Gasteiger charge is -2.25. The maximum absolute atomic E-state index is 12.0. The van der Waals surface area contributed by atoms with Gasteiger partial charge < -0.3 is 10.6 Å². The zero-order valence-corrected chi connectivity index (χ0v) is 16.7. The Morgan fingerprint density at radius 3 is 2.62 bits per heavy atom. The van der Waals surface area contributed by atoms with Crippen molar-refractivity contribution < 1.29 is 8.42 Å². The van der Waals surface area contributed by atoms with Crippen molar-refractivity contribution in [2.24, 2.45) is 10.9 Å². The summed E-state index contributed by atoms with van der Waals surface area (Å²) in [6.07, 6.45) is 5.46. The third kappa shape index (κ3) is 7.74. The minimum absolute atomic E-state index is 0.0544. The summed E-state index contributed by atoms with van der Waals surface area (Å²) in [7, 11) is -1.53. The van der Waals surface area contributed by atoms with E-state index in [0.717, 1.165) is 25.7 Å². The minimum atomic E-state index is -3.23. The molecule has 1 aromatic rings. The van der Waals surface area contributed by atoms with E-state index >= 15 is 0 Å². The predicted molar refractivity (Wildman–Crippen MR) is 108 cm³/mol. The summed E-state index contributed by atoms with van der Waals surface area (Å²) < 4.78 is 26.7. The molecule has 26 heavy (non-hydrogen) atoms. The van der Waals surface area contributed by atoms with Gasteiger partial charge in [-0.15, -0.1) is 0 Å². The van der Waals surface area contributed by atoms with Gasteiger partial charge in [0.15, 0.2) is 5.96 Å². The van der Waals surface area contributed by atoms with Gasteiger partial charge in [0.1, 0.15) is 0 Å². The molecule has 3 N–H and O–H groups in total. The van der Waals surface area contributed by atoms with Crippen LogP contribution in [0.1, 0.15) is 38.2 Å². The zero-order chi connectivity index (χ0) is 18.8. The van der Waals surface area contributed by atoms with Crippen molar-refractivity contribution in [1.82, 2.24) is 15.4 Å². The fourth-order valence-corrected chi connectivity index (χ4v) is 3.85. The van der Waals surface area contributed by atoms with Gasteiger partial charge in [0.2, 0.25) is 10.0 Å². The van der Waals surface area contributed by atoms with Gasteiger partial charge in [-0.05, 0) is 44.1 Å². The molecule has 146 valence electrons. The quantitative estimate of drug-likeness (QED) is 0.428. The summed E-state index contributed by atoms with van der Waals surface area (Å²) in [5.41, 5.74) is 1.31. The number of hydrogen-bond donors (Lipinski definition) is 3. The normalized spacial score (nSPS) is 16.8. The number of aliphatic imine (C=N–C) groups is 1. The van der Waals surface area contributed by atoms with Gasteiger partial charge in [0, 0.05) is 26.2 Å². The van der Waals surface area contributed by atoms with Crippen molar-refractivity contribution >= 4 is 16.0 Å². The number of nitrogens with zero attached hydrogens (tertiary/aromatic N) is 1. The summed E-state index contributed by atoms with van der Waals surface area (Å²) in [6, 6.07) is 10.6. The second-order valence-electron chi connectivity index (χ2n) is 7.03. The van der Waals surface area contributed by atoms with Crippen molar-refractivity contribution in [3.05, 3.63) is 35.9 Å². The molecule has 0 saturated heterocycles. The van der Waals surface area contributed by atoms with E-state index in [2.05, 4.69) is 39.4 Å². The standard InChI is InChI=1S/C19H32N4O2S/c1-16(11-12-17-7-4-3-5-8-17)23-19(20-2)21-13-14-26(24,25)22-15-18-9-6-10-18/h3-5,7-8,16,18,22H,6,9-15H2,1-2H3,(H2,20,21,23). The number of sulfonamides is 1. The van der Waals surface area contributed by atoms with Crippen molar-refractivity contribution in [2.75, 3.05) is 25.9 Å². The van der Waals surface area contributed by atoms with E-state index in [0.29, 0.717) is 25.0 Å². The molecule has 0 aromatic heterocycles. The first-order valence-electron chi connectivity index (χ1n) is 9.47. The van der Waals surface area contributed by atoms with Gasteiger partial charge in [-0.2, -0.15) is 0 Å². The van der Waals surface area contributed by atoms with E-state index in [4.69, 9.17) is 0 Å². The first-order valence-corrected chi connectivity index (χ1v) is 11.1. The minimum Gasteiger partial charge on any atom is -0.355 e. The van der Waals surface area contributed by atoms with E-state index in [-0.39, 0.29) is 11.8 Å². The van der Waals surface area contributed by atoms with Crippen molar-refractivity contribution in [1.29, 1.82) is 0 Å². The highest BCUT2D eigenvalue weighted by Gasteiger charge is 2.20. The van der Waals surface area contributed by atoms with Crippen LogP contribution in [0.3, 0.4) is 0 Å². The predicted octanol–water partition coefficient (Wildman–Crippen LogP) is 1.89. The highest BCUT2D eigenvalue weighted by molar-refractivity contribution is 7.89. The summed E-state index contributed by atoms with van der Waals surface area (Å²) in [5, 5.41) is 6.41. The average molecular weight is 381 g/mol. The Hall–Kier alpha value is -1.60. The molecular formula is C19H32N4O2S. The highest BCUT2D eigenvalue weighted by atomic mass is 32.2. The lowest BCUT2D eigenvalue weighted by atomic mass is 9.86. The van der Waals surface area contributed by atoms with Gasteiger partial charge in [-0.1, -0.05) is 36.8 Å². The molecule has 1 saturated carbocycles. The van der Waals surface area contributed by atoms with E-state index in [1.165, 1.54) is 12.0 Å². The summed E-state index contributed by atoms with van der Waals surface area (Å²) in [4.78, 5) is 4.18. The van der Waals surface area contributed by atoms with Crippen LogP contribution < -0.4 is 15.4 Å². The number of guanidine groups is 1. The number of benzene rings is 1. The Morgan fingerprint density at radius 2 is 2.00 bits per heavy atom. The Kier molecular flexibility index (Phi) is 8.38. The Bertz CT molecular complexity index is 657. The molecule has 2 rings (SSSR count). The van der Waals surface area contributed by atoms with Gasteiger partial charge >= 0.3 is 0 Å². The molecular weight excluding hydrogens is 348 g/mol. The zero-order valence-electron chi connectivity index (χ0n) is 15.9. The monoisotopic (exact) mass is 380 g/mol. The molecule has 1 aromatic carbocycles. The van der Waals surface area contributed by atoms with Crippen molar-refractivity contribution in [3.63, 3.8) is 0 Å². The number of hydrogen-bond acceptors (Lipinski definition) is 3. The number of rotatable bonds is 10. The first-order chi connectivity index (χ1) is 12.5. The lowest BCUT2D eigenvalue weighted by Crippen LogP contribution is -2.45. The van der Waals surface area contributed by atoms with Gasteiger partial charge in [-0.25, -0.2) is 13.1 Å². The molecule has 6 nitrogen and oxygen atoms in total. The molecule has 1 fully saturated rings. The third-order valence-corrected chi connectivity index (χ3v) is 6.14. The van der Waals surface area contributed by atoms with Crippen LogP contribution in [0.25, 0.3) is 0 Å². The molecule has 0 radical (unpaired) electrons. The maximum atomic E-state index is 12.0. The average Bonchev–Trinajstić information content (AvgIpc) is 2.58. The van der Waals surface area contributed by atoms with Crippen LogP contribution in [0.15, 0.2) is 35.3 Å². The van der Waals surface area contributed by atoms with E-state index in [9.17, 15) is 8.42 Å². The summed E-state index contributed by atoms with van der Waals surface area (Å²) >= 11 is 0.